The zero-order chi connectivity index (χ0) is 20.7. The zero-order valence-electron chi connectivity index (χ0n) is 18.6. The SMILES string of the molecule is CCCCCCCCCCCCCCCCCC(=O)O[C@H]1CO[C@H]2[C@@H]1OC[C@H]2O. The summed E-state index contributed by atoms with van der Waals surface area (Å²) >= 11 is 0. The summed E-state index contributed by atoms with van der Waals surface area (Å²) in [6.07, 6.45) is 18.6. The van der Waals surface area contributed by atoms with Gasteiger partial charge in [-0.15, -0.1) is 0 Å². The number of ether oxygens (including phenoxy) is 3. The Morgan fingerprint density at radius 2 is 1.24 bits per heavy atom. The molecule has 5 heteroatoms. The summed E-state index contributed by atoms with van der Waals surface area (Å²) in [5.74, 6) is -0.168. The second-order valence-electron chi connectivity index (χ2n) is 8.89. The first-order valence-corrected chi connectivity index (χ1v) is 12.3. The first-order chi connectivity index (χ1) is 14.2. The number of hydrogen-bond donors (Lipinski definition) is 1. The minimum Gasteiger partial charge on any atom is -0.457 e. The maximum Gasteiger partial charge on any atom is 0.306 e. The van der Waals surface area contributed by atoms with E-state index >= 15 is 0 Å². The van der Waals surface area contributed by atoms with Crippen molar-refractivity contribution < 1.29 is 24.1 Å². The van der Waals surface area contributed by atoms with Gasteiger partial charge in [0.1, 0.15) is 18.3 Å². The third-order valence-corrected chi connectivity index (χ3v) is 6.25. The molecular weight excluding hydrogens is 368 g/mol. The second kappa shape index (κ2) is 15.2. The molecule has 2 saturated heterocycles. The minimum absolute atomic E-state index is 0.168. The van der Waals surface area contributed by atoms with Crippen LogP contribution < -0.4 is 0 Å². The van der Waals surface area contributed by atoms with E-state index in [-0.39, 0.29) is 30.9 Å². The molecule has 2 aliphatic rings. The van der Waals surface area contributed by atoms with Gasteiger partial charge < -0.3 is 19.3 Å². The predicted molar refractivity (Wildman–Crippen MR) is 115 cm³/mol. The minimum atomic E-state index is -0.598. The van der Waals surface area contributed by atoms with Crippen LogP contribution in [0.4, 0.5) is 0 Å². The lowest BCUT2D eigenvalue weighted by molar-refractivity contribution is -0.153. The Bertz CT molecular complexity index is 427. The van der Waals surface area contributed by atoms with Gasteiger partial charge in [-0.05, 0) is 6.42 Å². The number of unbranched alkanes of at least 4 members (excludes halogenated alkanes) is 14. The van der Waals surface area contributed by atoms with Gasteiger partial charge in [-0.2, -0.15) is 0 Å². The molecule has 2 rings (SSSR count). The predicted octanol–water partition coefficient (Wildman–Crippen LogP) is 5.32. The van der Waals surface area contributed by atoms with E-state index in [2.05, 4.69) is 6.92 Å². The van der Waals surface area contributed by atoms with Crippen LogP contribution in [0.15, 0.2) is 0 Å². The van der Waals surface area contributed by atoms with E-state index in [1.54, 1.807) is 0 Å². The van der Waals surface area contributed by atoms with Crippen LogP contribution in [0.2, 0.25) is 0 Å². The van der Waals surface area contributed by atoms with Gasteiger partial charge in [-0.1, -0.05) is 96.8 Å². The molecule has 2 fully saturated rings. The molecule has 29 heavy (non-hydrogen) atoms. The highest BCUT2D eigenvalue weighted by molar-refractivity contribution is 5.69. The van der Waals surface area contributed by atoms with Crippen molar-refractivity contribution in [1.29, 1.82) is 0 Å². The molecular formula is C24H44O5. The molecule has 1 N–H and O–H groups in total. The van der Waals surface area contributed by atoms with E-state index in [0.717, 1.165) is 12.8 Å². The summed E-state index contributed by atoms with van der Waals surface area (Å²) in [5, 5.41) is 9.71. The Balaban J connectivity index is 1.32. The molecule has 0 unspecified atom stereocenters. The second-order valence-corrected chi connectivity index (χ2v) is 8.89. The lowest BCUT2D eigenvalue weighted by atomic mass is 10.0. The van der Waals surface area contributed by atoms with Crippen molar-refractivity contribution >= 4 is 5.97 Å². The van der Waals surface area contributed by atoms with E-state index in [0.29, 0.717) is 13.0 Å². The third kappa shape index (κ3) is 9.80. The molecule has 2 aliphatic heterocycles. The van der Waals surface area contributed by atoms with Crippen LogP contribution in [0.25, 0.3) is 0 Å². The van der Waals surface area contributed by atoms with E-state index in [9.17, 15) is 9.90 Å². The van der Waals surface area contributed by atoms with Gasteiger partial charge >= 0.3 is 5.97 Å². The van der Waals surface area contributed by atoms with E-state index in [1.165, 1.54) is 83.5 Å². The molecule has 0 spiro atoms. The molecule has 170 valence electrons. The third-order valence-electron chi connectivity index (χ3n) is 6.25. The Morgan fingerprint density at radius 3 is 1.79 bits per heavy atom. The molecule has 4 atom stereocenters. The summed E-state index contributed by atoms with van der Waals surface area (Å²) in [7, 11) is 0. The molecule has 5 nitrogen and oxygen atoms in total. The zero-order valence-corrected chi connectivity index (χ0v) is 18.6. The van der Waals surface area contributed by atoms with Crippen molar-refractivity contribution in [1.82, 2.24) is 0 Å². The fraction of sp³-hybridized carbons (Fsp3) is 0.958. The van der Waals surface area contributed by atoms with Crippen molar-refractivity contribution in [3.8, 4) is 0 Å². The first kappa shape index (κ1) is 24.6. The van der Waals surface area contributed by atoms with Crippen molar-refractivity contribution in [3.05, 3.63) is 0 Å². The van der Waals surface area contributed by atoms with Crippen molar-refractivity contribution in [2.45, 2.75) is 134 Å². The summed E-state index contributed by atoms with van der Waals surface area (Å²) < 4.78 is 16.5. The highest BCUT2D eigenvalue weighted by Gasteiger charge is 2.48. The maximum atomic E-state index is 12.0. The molecule has 0 aromatic carbocycles. The van der Waals surface area contributed by atoms with Crippen molar-refractivity contribution in [3.63, 3.8) is 0 Å². The molecule has 0 amide bonds. The van der Waals surface area contributed by atoms with Crippen LogP contribution in [-0.4, -0.2) is 48.7 Å². The Morgan fingerprint density at radius 1 is 0.759 bits per heavy atom. The quantitative estimate of drug-likeness (QED) is 0.259. The lowest BCUT2D eigenvalue weighted by Crippen LogP contribution is -2.34. The van der Waals surface area contributed by atoms with Gasteiger partial charge in [0.05, 0.1) is 13.2 Å². The summed E-state index contributed by atoms with van der Waals surface area (Å²) in [5.41, 5.74) is 0. The number of rotatable bonds is 17. The van der Waals surface area contributed by atoms with E-state index in [4.69, 9.17) is 14.2 Å². The molecule has 0 aromatic rings. The van der Waals surface area contributed by atoms with Crippen molar-refractivity contribution in [2.75, 3.05) is 13.2 Å². The van der Waals surface area contributed by atoms with Crippen LogP contribution in [-0.2, 0) is 19.0 Å². The van der Waals surface area contributed by atoms with Crippen LogP contribution in [0.5, 0.6) is 0 Å². The number of carbonyl (C=O) groups excluding carboxylic acids is 1. The standard InChI is InChI=1S/C24H44O5/c1-2-3-4-5-6-7-8-9-10-11-12-13-14-15-16-17-22(26)29-21-19-28-23-20(25)18-27-24(21)23/h20-21,23-25H,2-19H2,1H3/t20-,21+,23-,24-/m1/s1. The number of fused-ring (bicyclic) bond motifs is 1. The van der Waals surface area contributed by atoms with Gasteiger partial charge in [0.25, 0.3) is 0 Å². The first-order valence-electron chi connectivity index (χ1n) is 12.3. The van der Waals surface area contributed by atoms with E-state index in [1.807, 2.05) is 0 Å². The normalized spacial score (nSPS) is 26.0. The van der Waals surface area contributed by atoms with Gasteiger partial charge in [0.2, 0.25) is 0 Å². The average molecular weight is 413 g/mol. The highest BCUT2D eigenvalue weighted by atomic mass is 16.6. The van der Waals surface area contributed by atoms with Gasteiger partial charge in [0.15, 0.2) is 6.10 Å². The van der Waals surface area contributed by atoms with Crippen LogP contribution in [0.3, 0.4) is 0 Å². The smallest absolute Gasteiger partial charge is 0.306 e. The lowest BCUT2D eigenvalue weighted by Gasteiger charge is -2.16. The fourth-order valence-corrected chi connectivity index (χ4v) is 4.41. The van der Waals surface area contributed by atoms with Crippen LogP contribution in [0.1, 0.15) is 110 Å². The largest absolute Gasteiger partial charge is 0.457 e. The molecule has 0 bridgehead atoms. The van der Waals surface area contributed by atoms with Crippen LogP contribution in [0, 0.1) is 0 Å². The number of hydrogen-bond acceptors (Lipinski definition) is 5. The topological polar surface area (TPSA) is 65.0 Å². The van der Waals surface area contributed by atoms with Crippen molar-refractivity contribution in [2.24, 2.45) is 0 Å². The Hall–Kier alpha value is -0.650. The highest BCUT2D eigenvalue weighted by Crippen LogP contribution is 2.29. The Kier molecular flexibility index (Phi) is 12.9. The Labute approximate surface area is 177 Å². The fourth-order valence-electron chi connectivity index (χ4n) is 4.41. The number of aliphatic hydroxyl groups excluding tert-OH is 1. The van der Waals surface area contributed by atoms with Crippen LogP contribution >= 0.6 is 0 Å². The molecule has 0 aromatic heterocycles. The van der Waals surface area contributed by atoms with Gasteiger partial charge in [-0.3, -0.25) is 4.79 Å². The summed E-state index contributed by atoms with van der Waals surface area (Å²) in [4.78, 5) is 12.0. The number of esters is 1. The number of aliphatic hydroxyl groups is 1. The number of carbonyl (C=O) groups is 1. The van der Waals surface area contributed by atoms with Gasteiger partial charge in [0, 0.05) is 6.42 Å². The molecule has 2 heterocycles. The maximum absolute atomic E-state index is 12.0. The summed E-state index contributed by atoms with van der Waals surface area (Å²) in [6, 6.07) is 0. The molecule has 0 radical (unpaired) electrons. The average Bonchev–Trinajstić information content (AvgIpc) is 3.28. The molecule has 0 saturated carbocycles. The molecule has 0 aliphatic carbocycles. The monoisotopic (exact) mass is 412 g/mol. The van der Waals surface area contributed by atoms with E-state index < -0.39 is 6.10 Å². The van der Waals surface area contributed by atoms with Gasteiger partial charge in [-0.25, -0.2) is 0 Å². The summed E-state index contributed by atoms with van der Waals surface area (Å²) in [6.45, 7) is 2.87.